The molecule has 0 radical (unpaired) electrons. The van der Waals surface area contributed by atoms with Gasteiger partial charge in [0.25, 0.3) is 0 Å². The van der Waals surface area contributed by atoms with Gasteiger partial charge in [-0.2, -0.15) is 0 Å². The summed E-state index contributed by atoms with van der Waals surface area (Å²) in [5, 5.41) is 12.7. The molecule has 0 bridgehead atoms. The van der Waals surface area contributed by atoms with E-state index in [1.54, 1.807) is 0 Å². The van der Waals surface area contributed by atoms with Crippen molar-refractivity contribution in [2.24, 2.45) is 5.11 Å². The molecule has 0 aliphatic carbocycles. The molecular formula is C11H21N3O6. The second kappa shape index (κ2) is 14.0. The minimum absolute atomic E-state index is 0.115. The molecule has 116 valence electrons. The van der Waals surface area contributed by atoms with Crippen LogP contribution in [0.15, 0.2) is 5.11 Å². The van der Waals surface area contributed by atoms with E-state index in [4.69, 9.17) is 19.7 Å². The van der Waals surface area contributed by atoms with E-state index in [1.807, 2.05) is 0 Å². The summed E-state index contributed by atoms with van der Waals surface area (Å²) in [5.41, 5.74) is 8.02. The van der Waals surface area contributed by atoms with Crippen LogP contribution in [0.3, 0.4) is 0 Å². The Morgan fingerprint density at radius 1 is 1.20 bits per heavy atom. The lowest BCUT2D eigenvalue weighted by Crippen LogP contribution is -2.23. The van der Waals surface area contributed by atoms with Crippen molar-refractivity contribution in [1.29, 1.82) is 0 Å². The molecule has 1 unspecified atom stereocenters. The molecule has 0 amide bonds. The Labute approximate surface area is 117 Å². The van der Waals surface area contributed by atoms with Crippen molar-refractivity contribution < 1.29 is 28.8 Å². The second-order valence-electron chi connectivity index (χ2n) is 3.70. The summed E-state index contributed by atoms with van der Waals surface area (Å²) in [4.78, 5) is 13.3. The number of hydrogen-bond acceptors (Lipinski definition) is 7. The predicted octanol–water partition coefficient (Wildman–Crippen LogP) is 0.270. The van der Waals surface area contributed by atoms with Crippen LogP contribution in [0.4, 0.5) is 0 Å². The molecule has 0 aliphatic rings. The van der Waals surface area contributed by atoms with Crippen LogP contribution in [0.1, 0.15) is 6.42 Å². The molecule has 9 nitrogen and oxygen atoms in total. The number of hydrogen-bond donors (Lipinski definition) is 1. The highest BCUT2D eigenvalue weighted by Gasteiger charge is 2.04. The van der Waals surface area contributed by atoms with Gasteiger partial charge in [-0.25, -0.2) is 0 Å². The van der Waals surface area contributed by atoms with Gasteiger partial charge >= 0.3 is 5.97 Å². The van der Waals surface area contributed by atoms with Gasteiger partial charge in [0.1, 0.15) is 6.10 Å². The van der Waals surface area contributed by atoms with Crippen molar-refractivity contribution in [3.63, 3.8) is 0 Å². The van der Waals surface area contributed by atoms with Crippen LogP contribution in [0.2, 0.25) is 0 Å². The van der Waals surface area contributed by atoms with Crippen molar-refractivity contribution in [1.82, 2.24) is 0 Å². The van der Waals surface area contributed by atoms with Crippen LogP contribution in [-0.2, 0) is 23.7 Å². The number of methoxy groups -OCH3 is 1. The third-order valence-corrected chi connectivity index (χ3v) is 2.07. The molecule has 0 rings (SSSR count). The van der Waals surface area contributed by atoms with Crippen molar-refractivity contribution in [2.75, 3.05) is 53.3 Å². The van der Waals surface area contributed by atoms with Gasteiger partial charge in [-0.3, -0.25) is 4.79 Å². The Hall–Kier alpha value is -1.38. The third kappa shape index (κ3) is 13.1. The highest BCUT2D eigenvalue weighted by atomic mass is 16.5. The van der Waals surface area contributed by atoms with Crippen molar-refractivity contribution in [3.05, 3.63) is 10.4 Å². The van der Waals surface area contributed by atoms with Crippen molar-refractivity contribution in [2.45, 2.75) is 12.5 Å². The second-order valence-corrected chi connectivity index (χ2v) is 3.70. The molecule has 1 N–H and O–H groups in total. The average Bonchev–Trinajstić information content (AvgIpc) is 2.45. The van der Waals surface area contributed by atoms with Gasteiger partial charge in [0.15, 0.2) is 0 Å². The fourth-order valence-corrected chi connectivity index (χ4v) is 1.11. The average molecular weight is 291 g/mol. The summed E-state index contributed by atoms with van der Waals surface area (Å²) in [7, 11) is 1.32. The standard InChI is InChI=1S/C11H21N3O6/c1-17-11(16)2-4-18-6-7-20-9-10(15)8-19-5-3-13-14-12/h10,15H,2-9H2,1H3. The first-order chi connectivity index (χ1) is 9.70. The zero-order chi connectivity index (χ0) is 15.1. The monoisotopic (exact) mass is 291 g/mol. The number of nitrogens with zero attached hydrogens (tertiary/aromatic N) is 3. The number of ether oxygens (including phenoxy) is 4. The molecule has 0 aliphatic heterocycles. The van der Waals surface area contributed by atoms with E-state index < -0.39 is 6.10 Å². The SMILES string of the molecule is COC(=O)CCOCCOCC(O)COCCN=[N+]=[N-]. The molecule has 1 atom stereocenters. The van der Waals surface area contributed by atoms with Gasteiger partial charge in [-0.15, -0.1) is 0 Å². The summed E-state index contributed by atoms with van der Waals surface area (Å²) < 4.78 is 19.8. The minimum Gasteiger partial charge on any atom is -0.469 e. The minimum atomic E-state index is -0.740. The van der Waals surface area contributed by atoms with Crippen LogP contribution in [-0.4, -0.2) is 70.5 Å². The van der Waals surface area contributed by atoms with E-state index in [-0.39, 0.29) is 45.4 Å². The molecule has 9 heteroatoms. The van der Waals surface area contributed by atoms with Gasteiger partial charge in [-0.1, -0.05) is 5.11 Å². The highest BCUT2D eigenvalue weighted by Crippen LogP contribution is 1.90. The first kappa shape index (κ1) is 18.6. The third-order valence-electron chi connectivity index (χ3n) is 2.07. The highest BCUT2D eigenvalue weighted by molar-refractivity contribution is 5.69. The smallest absolute Gasteiger partial charge is 0.307 e. The van der Waals surface area contributed by atoms with E-state index >= 15 is 0 Å². The molecule has 0 heterocycles. The van der Waals surface area contributed by atoms with Crippen LogP contribution < -0.4 is 0 Å². The van der Waals surface area contributed by atoms with E-state index in [1.165, 1.54) is 7.11 Å². The topological polar surface area (TPSA) is 123 Å². The lowest BCUT2D eigenvalue weighted by molar-refractivity contribution is -0.142. The fraction of sp³-hybridized carbons (Fsp3) is 0.909. The van der Waals surface area contributed by atoms with Crippen molar-refractivity contribution >= 4 is 5.97 Å². The molecule has 20 heavy (non-hydrogen) atoms. The summed E-state index contributed by atoms with van der Waals surface area (Å²) >= 11 is 0. The van der Waals surface area contributed by atoms with E-state index in [0.29, 0.717) is 13.2 Å². The lowest BCUT2D eigenvalue weighted by Gasteiger charge is -2.11. The predicted molar refractivity (Wildman–Crippen MR) is 69.1 cm³/mol. The summed E-state index contributed by atoms with van der Waals surface area (Å²) in [6.45, 7) is 1.67. The number of azide groups is 1. The Morgan fingerprint density at radius 2 is 1.85 bits per heavy atom. The van der Waals surface area contributed by atoms with Crippen LogP contribution in [0, 0.1) is 0 Å². The van der Waals surface area contributed by atoms with Crippen LogP contribution in [0.25, 0.3) is 10.4 Å². The zero-order valence-corrected chi connectivity index (χ0v) is 11.6. The molecule has 0 aromatic rings. The Kier molecular flexibility index (Phi) is 13.1. The number of aliphatic hydroxyl groups is 1. The normalized spacial score (nSPS) is 11.7. The van der Waals surface area contributed by atoms with Gasteiger partial charge in [0.2, 0.25) is 0 Å². The maximum Gasteiger partial charge on any atom is 0.307 e. The van der Waals surface area contributed by atoms with E-state index in [2.05, 4.69) is 14.8 Å². The zero-order valence-electron chi connectivity index (χ0n) is 11.6. The van der Waals surface area contributed by atoms with Crippen molar-refractivity contribution in [3.8, 4) is 0 Å². The maximum absolute atomic E-state index is 10.7. The summed E-state index contributed by atoms with van der Waals surface area (Å²) in [6.07, 6.45) is -0.533. The lowest BCUT2D eigenvalue weighted by atomic mass is 10.4. The number of rotatable bonds is 13. The molecular weight excluding hydrogens is 270 g/mol. The largest absolute Gasteiger partial charge is 0.469 e. The van der Waals surface area contributed by atoms with Crippen LogP contribution >= 0.6 is 0 Å². The first-order valence-electron chi connectivity index (χ1n) is 6.19. The molecule has 0 saturated heterocycles. The van der Waals surface area contributed by atoms with E-state index in [9.17, 15) is 9.90 Å². The number of carbonyl (C=O) groups is 1. The van der Waals surface area contributed by atoms with Gasteiger partial charge in [0.05, 0.1) is 53.2 Å². The molecule has 0 saturated carbocycles. The molecule has 0 spiro atoms. The summed E-state index contributed by atoms with van der Waals surface area (Å²) in [5.74, 6) is -0.320. The Morgan fingerprint density at radius 3 is 2.50 bits per heavy atom. The van der Waals surface area contributed by atoms with Gasteiger partial charge in [-0.05, 0) is 5.53 Å². The summed E-state index contributed by atoms with van der Waals surface area (Å²) in [6, 6.07) is 0. The van der Waals surface area contributed by atoms with Gasteiger partial charge < -0.3 is 24.1 Å². The van der Waals surface area contributed by atoms with Gasteiger partial charge in [0, 0.05) is 11.5 Å². The Balaban J connectivity index is 3.24. The van der Waals surface area contributed by atoms with E-state index in [0.717, 1.165) is 0 Å². The Bertz CT molecular complexity index is 296. The fourth-order valence-electron chi connectivity index (χ4n) is 1.11. The number of aliphatic hydroxyl groups excluding tert-OH is 1. The molecule has 0 aromatic heterocycles. The molecule has 0 aromatic carbocycles. The first-order valence-corrected chi connectivity index (χ1v) is 6.19. The quantitative estimate of drug-likeness (QED) is 0.171. The number of esters is 1. The number of carbonyl (C=O) groups excluding carboxylic acids is 1. The maximum atomic E-state index is 10.7. The van der Waals surface area contributed by atoms with Crippen LogP contribution in [0.5, 0.6) is 0 Å². The molecule has 0 fully saturated rings.